The van der Waals surface area contributed by atoms with Gasteiger partial charge in [-0.25, -0.2) is 4.79 Å². The average Bonchev–Trinajstić information content (AvgIpc) is 3.24. The summed E-state index contributed by atoms with van der Waals surface area (Å²) in [5.41, 5.74) is -1.20. The number of carboxylic acid groups (broad SMARTS) is 1. The smallest absolute Gasteiger partial charge is 0.329 e. The van der Waals surface area contributed by atoms with Gasteiger partial charge in [0, 0.05) is 0 Å². The van der Waals surface area contributed by atoms with Gasteiger partial charge in [-0.3, -0.25) is 4.79 Å². The van der Waals surface area contributed by atoms with Gasteiger partial charge in [-0.1, -0.05) is 18.2 Å². The molecule has 1 aliphatic carbocycles. The highest BCUT2D eigenvalue weighted by Gasteiger charge is 2.49. The highest BCUT2D eigenvalue weighted by atomic mass is 16.5. The second-order valence-electron chi connectivity index (χ2n) is 5.34. The van der Waals surface area contributed by atoms with Crippen molar-refractivity contribution in [2.24, 2.45) is 5.92 Å². The number of carboxylic acids is 1. The van der Waals surface area contributed by atoms with E-state index in [-0.39, 0.29) is 5.92 Å². The fourth-order valence-electron chi connectivity index (χ4n) is 2.11. The quantitative estimate of drug-likeness (QED) is 0.831. The van der Waals surface area contributed by atoms with Crippen LogP contribution in [0.1, 0.15) is 26.7 Å². The Hall–Kier alpha value is -2.04. The standard InChI is InChI=1S/C15H19NO4/c1-10(20-12-6-4-3-5-7-12)13(17)16-15(2,14(18)19)11-8-9-11/h3-7,10-11H,8-9H2,1-2H3,(H,16,17)(H,18,19). The lowest BCUT2D eigenvalue weighted by atomic mass is 9.95. The van der Waals surface area contributed by atoms with Crippen molar-refractivity contribution in [1.29, 1.82) is 0 Å². The van der Waals surface area contributed by atoms with Crippen LogP contribution in [-0.4, -0.2) is 28.6 Å². The molecule has 1 aromatic carbocycles. The summed E-state index contributed by atoms with van der Waals surface area (Å²) in [5.74, 6) is -0.822. The molecule has 108 valence electrons. The molecule has 0 radical (unpaired) electrons. The number of carbonyl (C=O) groups is 2. The van der Waals surface area contributed by atoms with E-state index in [1.54, 1.807) is 26.0 Å². The molecule has 0 aliphatic heterocycles. The molecule has 5 nitrogen and oxygen atoms in total. The molecule has 0 saturated heterocycles. The van der Waals surface area contributed by atoms with Gasteiger partial charge in [-0.05, 0) is 44.7 Å². The van der Waals surface area contributed by atoms with Gasteiger partial charge in [0.1, 0.15) is 11.3 Å². The van der Waals surface area contributed by atoms with E-state index in [9.17, 15) is 14.7 Å². The van der Waals surface area contributed by atoms with Crippen LogP contribution in [0.2, 0.25) is 0 Å². The molecule has 0 bridgehead atoms. The third kappa shape index (κ3) is 3.10. The van der Waals surface area contributed by atoms with Crippen LogP contribution >= 0.6 is 0 Å². The average molecular weight is 277 g/mol. The van der Waals surface area contributed by atoms with Gasteiger partial charge in [0.25, 0.3) is 5.91 Å². The second-order valence-corrected chi connectivity index (χ2v) is 5.34. The lowest BCUT2D eigenvalue weighted by Gasteiger charge is -2.27. The normalized spacial score (nSPS) is 18.7. The van der Waals surface area contributed by atoms with Crippen LogP contribution in [0.25, 0.3) is 0 Å². The predicted octanol–water partition coefficient (Wildman–Crippen LogP) is 1.82. The zero-order valence-electron chi connectivity index (χ0n) is 11.6. The molecule has 2 atom stereocenters. The van der Waals surface area contributed by atoms with Crippen molar-refractivity contribution in [2.75, 3.05) is 0 Å². The summed E-state index contributed by atoms with van der Waals surface area (Å²) in [5, 5.41) is 11.9. The molecule has 5 heteroatoms. The summed E-state index contributed by atoms with van der Waals surface area (Å²) in [4.78, 5) is 23.5. The van der Waals surface area contributed by atoms with E-state index in [1.165, 1.54) is 0 Å². The minimum atomic E-state index is -1.20. The maximum absolute atomic E-state index is 12.1. The lowest BCUT2D eigenvalue weighted by molar-refractivity contribution is -0.149. The van der Waals surface area contributed by atoms with Crippen LogP contribution in [0.3, 0.4) is 0 Å². The van der Waals surface area contributed by atoms with Crippen molar-refractivity contribution < 1.29 is 19.4 Å². The largest absolute Gasteiger partial charge is 0.481 e. The molecule has 1 aromatic rings. The van der Waals surface area contributed by atoms with Crippen molar-refractivity contribution in [3.05, 3.63) is 30.3 Å². The minimum absolute atomic E-state index is 0.00729. The summed E-state index contributed by atoms with van der Waals surface area (Å²) in [6, 6.07) is 8.98. The minimum Gasteiger partial charge on any atom is -0.481 e. The number of ether oxygens (including phenoxy) is 1. The van der Waals surface area contributed by atoms with Gasteiger partial charge in [0.2, 0.25) is 0 Å². The first kappa shape index (κ1) is 14.4. The monoisotopic (exact) mass is 277 g/mol. The molecule has 0 aromatic heterocycles. The number of rotatable bonds is 6. The zero-order chi connectivity index (χ0) is 14.8. The molecule has 1 saturated carbocycles. The van der Waals surface area contributed by atoms with Gasteiger partial charge in [-0.2, -0.15) is 0 Å². The first-order valence-electron chi connectivity index (χ1n) is 6.70. The van der Waals surface area contributed by atoms with E-state index >= 15 is 0 Å². The van der Waals surface area contributed by atoms with Crippen molar-refractivity contribution >= 4 is 11.9 Å². The summed E-state index contributed by atoms with van der Waals surface area (Å²) in [6.07, 6.45) is 0.920. The van der Waals surface area contributed by atoms with Gasteiger partial charge >= 0.3 is 5.97 Å². The number of hydrogen-bond donors (Lipinski definition) is 2. The van der Waals surface area contributed by atoms with Crippen molar-refractivity contribution in [2.45, 2.75) is 38.3 Å². The van der Waals surface area contributed by atoms with Gasteiger partial charge in [0.15, 0.2) is 6.10 Å². The molecule has 1 aliphatic rings. The molecule has 20 heavy (non-hydrogen) atoms. The Morgan fingerprint density at radius 2 is 1.95 bits per heavy atom. The topological polar surface area (TPSA) is 75.6 Å². The Morgan fingerprint density at radius 1 is 1.35 bits per heavy atom. The number of carbonyl (C=O) groups excluding carboxylic acids is 1. The number of para-hydroxylation sites is 1. The highest BCUT2D eigenvalue weighted by molar-refractivity contribution is 5.89. The number of benzene rings is 1. The molecule has 1 fully saturated rings. The second kappa shape index (κ2) is 5.53. The Morgan fingerprint density at radius 3 is 2.45 bits per heavy atom. The Kier molecular flexibility index (Phi) is 3.97. The Balaban J connectivity index is 1.98. The number of aliphatic carboxylic acids is 1. The van der Waals surface area contributed by atoms with Gasteiger partial charge in [0.05, 0.1) is 0 Å². The fourth-order valence-corrected chi connectivity index (χ4v) is 2.11. The molecular formula is C15H19NO4. The van der Waals surface area contributed by atoms with Crippen LogP contribution in [0.4, 0.5) is 0 Å². The summed E-state index contributed by atoms with van der Waals surface area (Å²) >= 11 is 0. The molecule has 2 N–H and O–H groups in total. The Bertz CT molecular complexity index is 498. The van der Waals surface area contributed by atoms with Crippen LogP contribution in [0.15, 0.2) is 30.3 Å². The SMILES string of the molecule is CC(Oc1ccccc1)C(=O)NC(C)(C(=O)O)C1CC1. The van der Waals surface area contributed by atoms with E-state index < -0.39 is 23.5 Å². The summed E-state index contributed by atoms with van der Waals surface area (Å²) in [6.45, 7) is 3.16. The van der Waals surface area contributed by atoms with Gasteiger partial charge in [-0.15, -0.1) is 0 Å². The van der Waals surface area contributed by atoms with Crippen LogP contribution < -0.4 is 10.1 Å². The van der Waals surface area contributed by atoms with E-state index in [0.29, 0.717) is 5.75 Å². The van der Waals surface area contributed by atoms with Crippen LogP contribution in [0, 0.1) is 5.92 Å². The van der Waals surface area contributed by atoms with Crippen LogP contribution in [0.5, 0.6) is 5.75 Å². The highest BCUT2D eigenvalue weighted by Crippen LogP contribution is 2.39. The number of amides is 1. The zero-order valence-corrected chi connectivity index (χ0v) is 11.6. The first-order valence-corrected chi connectivity index (χ1v) is 6.70. The number of nitrogens with one attached hydrogen (secondary N) is 1. The molecule has 2 rings (SSSR count). The first-order chi connectivity index (χ1) is 9.43. The van der Waals surface area contributed by atoms with E-state index in [0.717, 1.165) is 12.8 Å². The maximum Gasteiger partial charge on any atom is 0.329 e. The Labute approximate surface area is 117 Å². The molecular weight excluding hydrogens is 258 g/mol. The molecule has 2 unspecified atom stereocenters. The lowest BCUT2D eigenvalue weighted by Crippen LogP contribution is -2.56. The third-order valence-corrected chi connectivity index (χ3v) is 3.65. The fraction of sp³-hybridized carbons (Fsp3) is 0.467. The van der Waals surface area contributed by atoms with E-state index in [1.807, 2.05) is 18.2 Å². The van der Waals surface area contributed by atoms with E-state index in [2.05, 4.69) is 5.32 Å². The van der Waals surface area contributed by atoms with Crippen molar-refractivity contribution in [3.8, 4) is 5.75 Å². The molecule has 0 spiro atoms. The van der Waals surface area contributed by atoms with E-state index in [4.69, 9.17) is 4.74 Å². The predicted molar refractivity (Wildman–Crippen MR) is 73.4 cm³/mol. The third-order valence-electron chi connectivity index (χ3n) is 3.65. The summed E-state index contributed by atoms with van der Waals surface area (Å²) < 4.78 is 5.50. The number of hydrogen-bond acceptors (Lipinski definition) is 3. The molecule has 0 heterocycles. The van der Waals surface area contributed by atoms with Gasteiger partial charge < -0.3 is 15.2 Å². The maximum atomic E-state index is 12.1. The summed E-state index contributed by atoms with van der Waals surface area (Å²) in [7, 11) is 0. The van der Waals surface area contributed by atoms with Crippen molar-refractivity contribution in [1.82, 2.24) is 5.32 Å². The van der Waals surface area contributed by atoms with Crippen LogP contribution in [-0.2, 0) is 9.59 Å². The van der Waals surface area contributed by atoms with Crippen molar-refractivity contribution in [3.63, 3.8) is 0 Å². The molecule has 1 amide bonds.